The van der Waals surface area contributed by atoms with Gasteiger partial charge in [0.2, 0.25) is 6.41 Å². The Hall–Kier alpha value is -1.10. The molecule has 0 rings (SSSR count). The van der Waals surface area contributed by atoms with Gasteiger partial charge in [-0.2, -0.15) is 0 Å². The third kappa shape index (κ3) is 1.94. The summed E-state index contributed by atoms with van der Waals surface area (Å²) in [5, 5.41) is 11.0. The topological polar surface area (TPSA) is 75.6 Å². The molecule has 0 saturated heterocycles. The van der Waals surface area contributed by atoms with E-state index >= 15 is 0 Å². The Morgan fingerprint density at radius 3 is 2.50 bits per heavy atom. The van der Waals surface area contributed by atoms with E-state index in [2.05, 4.69) is 5.32 Å². The van der Waals surface area contributed by atoms with E-state index in [0.717, 1.165) is 0 Å². The van der Waals surface area contributed by atoms with E-state index in [-0.39, 0.29) is 0 Å². The van der Waals surface area contributed by atoms with Crippen molar-refractivity contribution in [1.82, 2.24) is 5.32 Å². The predicted molar refractivity (Wildman–Crippen MR) is 41.7 cm³/mol. The summed E-state index contributed by atoms with van der Waals surface area (Å²) < 4.78 is 4.83. The lowest BCUT2D eigenvalue weighted by Gasteiger charge is -2.29. The molecule has 0 spiro atoms. The molecule has 0 aliphatic carbocycles. The van der Waals surface area contributed by atoms with E-state index in [9.17, 15) is 9.59 Å². The molecule has 5 nitrogen and oxygen atoms in total. The molecule has 0 bridgehead atoms. The first-order valence-electron chi connectivity index (χ1n) is 3.46. The summed E-state index contributed by atoms with van der Waals surface area (Å²) in [5.41, 5.74) is -1.36. The van der Waals surface area contributed by atoms with Crippen LogP contribution in [0.3, 0.4) is 0 Å². The van der Waals surface area contributed by atoms with Gasteiger partial charge in [-0.1, -0.05) is 0 Å². The van der Waals surface area contributed by atoms with Crippen LogP contribution in [0.25, 0.3) is 0 Å². The maximum absolute atomic E-state index is 10.7. The summed E-state index contributed by atoms with van der Waals surface area (Å²) in [7, 11) is 1.39. The molecule has 5 heteroatoms. The van der Waals surface area contributed by atoms with Crippen LogP contribution in [-0.2, 0) is 14.3 Å². The third-order valence-electron chi connectivity index (χ3n) is 1.97. The second-order valence-corrected chi connectivity index (χ2v) is 2.65. The quantitative estimate of drug-likeness (QED) is 0.558. The summed E-state index contributed by atoms with van der Waals surface area (Å²) in [4.78, 5) is 20.8. The van der Waals surface area contributed by atoms with E-state index in [0.29, 0.717) is 6.41 Å². The van der Waals surface area contributed by atoms with E-state index in [1.54, 1.807) is 6.92 Å². The van der Waals surface area contributed by atoms with Crippen molar-refractivity contribution in [3.8, 4) is 0 Å². The lowest BCUT2D eigenvalue weighted by molar-refractivity contribution is -0.151. The molecule has 0 radical (unpaired) electrons. The highest BCUT2D eigenvalue weighted by Crippen LogP contribution is 2.12. The van der Waals surface area contributed by atoms with Gasteiger partial charge in [0.15, 0.2) is 5.54 Å². The van der Waals surface area contributed by atoms with Crippen LogP contribution in [0.15, 0.2) is 0 Å². The average molecular weight is 175 g/mol. The van der Waals surface area contributed by atoms with Crippen LogP contribution in [0, 0.1) is 0 Å². The Morgan fingerprint density at radius 1 is 1.75 bits per heavy atom. The molecule has 0 aliphatic heterocycles. The molecule has 0 aliphatic rings. The molecule has 0 aromatic heterocycles. The summed E-state index contributed by atoms with van der Waals surface area (Å²) >= 11 is 0. The minimum absolute atomic E-state index is 0.351. The van der Waals surface area contributed by atoms with Crippen LogP contribution in [-0.4, -0.2) is 36.2 Å². The molecule has 1 amide bonds. The maximum atomic E-state index is 10.7. The number of carboxylic acids is 1. The van der Waals surface area contributed by atoms with E-state index < -0.39 is 17.6 Å². The van der Waals surface area contributed by atoms with Crippen molar-refractivity contribution >= 4 is 12.4 Å². The molecule has 2 unspecified atom stereocenters. The number of amides is 1. The van der Waals surface area contributed by atoms with Crippen LogP contribution in [0.1, 0.15) is 13.8 Å². The Morgan fingerprint density at radius 2 is 2.25 bits per heavy atom. The molecule has 0 aromatic rings. The first kappa shape index (κ1) is 10.9. The van der Waals surface area contributed by atoms with Crippen LogP contribution in [0.4, 0.5) is 0 Å². The molecule has 0 saturated carbocycles. The highest BCUT2D eigenvalue weighted by atomic mass is 16.5. The number of ether oxygens (including phenoxy) is 1. The second kappa shape index (κ2) is 4.06. The van der Waals surface area contributed by atoms with Crippen molar-refractivity contribution < 1.29 is 19.4 Å². The SMILES string of the molecule is COC(C)C(C)(NC=O)C(=O)O. The van der Waals surface area contributed by atoms with Crippen molar-refractivity contribution in [2.75, 3.05) is 7.11 Å². The lowest BCUT2D eigenvalue weighted by atomic mass is 9.96. The number of carbonyl (C=O) groups excluding carboxylic acids is 1. The normalized spacial score (nSPS) is 17.6. The monoisotopic (exact) mass is 175 g/mol. The van der Waals surface area contributed by atoms with Gasteiger partial charge in [-0.3, -0.25) is 4.79 Å². The van der Waals surface area contributed by atoms with Gasteiger partial charge in [0.1, 0.15) is 0 Å². The summed E-state index contributed by atoms with van der Waals surface area (Å²) in [6, 6.07) is 0. The van der Waals surface area contributed by atoms with Gasteiger partial charge in [0.05, 0.1) is 6.10 Å². The van der Waals surface area contributed by atoms with Gasteiger partial charge in [-0.05, 0) is 13.8 Å². The fraction of sp³-hybridized carbons (Fsp3) is 0.714. The van der Waals surface area contributed by atoms with Crippen LogP contribution >= 0.6 is 0 Å². The first-order chi connectivity index (χ1) is 5.49. The Balaban J connectivity index is 4.59. The molecule has 2 atom stereocenters. The molecule has 0 aromatic carbocycles. The highest BCUT2D eigenvalue weighted by molar-refractivity contribution is 5.81. The number of carbonyl (C=O) groups is 2. The van der Waals surface area contributed by atoms with Crippen molar-refractivity contribution in [3.05, 3.63) is 0 Å². The fourth-order valence-corrected chi connectivity index (χ4v) is 0.711. The molecule has 0 heterocycles. The average Bonchev–Trinajstić information content (AvgIpc) is 2.03. The summed E-state index contributed by atoms with van der Waals surface area (Å²) in [6.45, 7) is 2.96. The molecular formula is C7H13NO4. The molecule has 2 N–H and O–H groups in total. The fourth-order valence-electron chi connectivity index (χ4n) is 0.711. The number of hydrogen-bond acceptors (Lipinski definition) is 3. The van der Waals surface area contributed by atoms with Crippen molar-refractivity contribution in [2.45, 2.75) is 25.5 Å². The van der Waals surface area contributed by atoms with Gasteiger partial charge >= 0.3 is 5.97 Å². The van der Waals surface area contributed by atoms with E-state index in [1.807, 2.05) is 0 Å². The van der Waals surface area contributed by atoms with Crippen molar-refractivity contribution in [1.29, 1.82) is 0 Å². The molecule has 0 fully saturated rings. The van der Waals surface area contributed by atoms with Gasteiger partial charge in [0.25, 0.3) is 0 Å². The van der Waals surface area contributed by atoms with Crippen LogP contribution in [0.5, 0.6) is 0 Å². The van der Waals surface area contributed by atoms with E-state index in [4.69, 9.17) is 9.84 Å². The van der Waals surface area contributed by atoms with Crippen molar-refractivity contribution in [3.63, 3.8) is 0 Å². The zero-order valence-electron chi connectivity index (χ0n) is 7.33. The highest BCUT2D eigenvalue weighted by Gasteiger charge is 2.38. The minimum Gasteiger partial charge on any atom is -0.479 e. The number of rotatable bonds is 5. The summed E-state index contributed by atoms with van der Waals surface area (Å²) in [6.07, 6.45) is -0.232. The second-order valence-electron chi connectivity index (χ2n) is 2.65. The van der Waals surface area contributed by atoms with Crippen molar-refractivity contribution in [2.24, 2.45) is 0 Å². The zero-order valence-corrected chi connectivity index (χ0v) is 7.33. The number of hydrogen-bond donors (Lipinski definition) is 2. The smallest absolute Gasteiger partial charge is 0.331 e. The summed E-state index contributed by atoms with van der Waals surface area (Å²) in [5.74, 6) is -1.12. The number of methoxy groups -OCH3 is 1. The molecular weight excluding hydrogens is 162 g/mol. The maximum Gasteiger partial charge on any atom is 0.331 e. The standard InChI is InChI=1S/C7H13NO4/c1-5(12-3)7(2,6(10)11)8-4-9/h4-5H,1-3H3,(H,8,9)(H,10,11). The van der Waals surface area contributed by atoms with Gasteiger partial charge in [-0.25, -0.2) is 4.79 Å². The minimum atomic E-state index is -1.36. The number of nitrogens with one attached hydrogen (secondary N) is 1. The first-order valence-corrected chi connectivity index (χ1v) is 3.46. The zero-order chi connectivity index (χ0) is 9.78. The Labute approximate surface area is 70.7 Å². The number of carboxylic acid groups (broad SMARTS) is 1. The van der Waals surface area contributed by atoms with Gasteiger partial charge in [-0.15, -0.1) is 0 Å². The third-order valence-corrected chi connectivity index (χ3v) is 1.97. The Bertz CT molecular complexity index is 182. The Kier molecular flexibility index (Phi) is 3.69. The van der Waals surface area contributed by atoms with Crippen LogP contribution < -0.4 is 5.32 Å². The lowest BCUT2D eigenvalue weighted by Crippen LogP contribution is -2.57. The van der Waals surface area contributed by atoms with Gasteiger partial charge < -0.3 is 15.2 Å². The van der Waals surface area contributed by atoms with Gasteiger partial charge in [0, 0.05) is 7.11 Å². The molecule has 12 heavy (non-hydrogen) atoms. The number of aliphatic carboxylic acids is 1. The van der Waals surface area contributed by atoms with Crippen LogP contribution in [0.2, 0.25) is 0 Å². The predicted octanol–water partition coefficient (Wildman–Crippen LogP) is -0.389. The molecule has 70 valence electrons. The van der Waals surface area contributed by atoms with E-state index in [1.165, 1.54) is 14.0 Å². The largest absolute Gasteiger partial charge is 0.479 e.